The molecule has 1 aromatic carbocycles. The first kappa shape index (κ1) is 12.9. The molecule has 0 saturated heterocycles. The largest absolute Gasteiger partial charge is 0.497 e. The number of nitrogens with one attached hydrogen (secondary N) is 1. The Hall–Kier alpha value is -2.57. The van der Waals surface area contributed by atoms with Crippen LogP contribution in [-0.2, 0) is 6.54 Å². The molecule has 7 nitrogen and oxygen atoms in total. The summed E-state index contributed by atoms with van der Waals surface area (Å²) in [7, 11) is 1.51. The van der Waals surface area contributed by atoms with E-state index >= 15 is 0 Å². The van der Waals surface area contributed by atoms with Crippen LogP contribution in [0, 0.1) is 6.92 Å². The van der Waals surface area contributed by atoms with Crippen molar-refractivity contribution >= 4 is 11.6 Å². The molecule has 1 amide bonds. The Bertz CT molecular complexity index is 594. The van der Waals surface area contributed by atoms with Crippen molar-refractivity contribution in [3.63, 3.8) is 0 Å². The number of methoxy groups -OCH3 is 1. The number of nitrogens with zero attached hydrogens (tertiary/aromatic N) is 2. The summed E-state index contributed by atoms with van der Waals surface area (Å²) in [6.45, 7) is 1.87. The zero-order valence-corrected chi connectivity index (χ0v) is 10.6. The van der Waals surface area contributed by atoms with E-state index in [1.165, 1.54) is 7.11 Å². The third-order valence-electron chi connectivity index (χ3n) is 2.40. The maximum atomic E-state index is 11.9. The van der Waals surface area contributed by atoms with Crippen molar-refractivity contribution in [1.82, 2.24) is 15.5 Å². The highest BCUT2D eigenvalue weighted by molar-refractivity contribution is 5.95. The number of rotatable bonds is 4. The Morgan fingerprint density at radius 2 is 2.26 bits per heavy atom. The number of benzene rings is 1. The van der Waals surface area contributed by atoms with E-state index in [4.69, 9.17) is 15.0 Å². The van der Waals surface area contributed by atoms with Crippen LogP contribution in [0.4, 0.5) is 5.69 Å². The Morgan fingerprint density at radius 1 is 1.47 bits per heavy atom. The third kappa shape index (κ3) is 3.21. The first-order chi connectivity index (χ1) is 9.08. The van der Waals surface area contributed by atoms with Crippen LogP contribution in [0.1, 0.15) is 22.1 Å². The van der Waals surface area contributed by atoms with Gasteiger partial charge in [0.05, 0.1) is 13.7 Å². The number of anilines is 1. The molecule has 0 spiro atoms. The fourth-order valence-corrected chi connectivity index (χ4v) is 1.54. The van der Waals surface area contributed by atoms with E-state index in [1.54, 1.807) is 25.1 Å². The molecule has 0 fully saturated rings. The van der Waals surface area contributed by atoms with Crippen molar-refractivity contribution in [3.05, 3.63) is 35.5 Å². The fourth-order valence-electron chi connectivity index (χ4n) is 1.54. The molecule has 0 aliphatic carbocycles. The van der Waals surface area contributed by atoms with E-state index in [1.807, 2.05) is 0 Å². The van der Waals surface area contributed by atoms with Crippen LogP contribution in [0.25, 0.3) is 0 Å². The number of hydrogen-bond acceptors (Lipinski definition) is 6. The molecule has 2 aromatic rings. The molecule has 0 aliphatic heterocycles. The number of carbonyl (C=O) groups excluding carboxylic acids is 1. The smallest absolute Gasteiger partial charge is 0.251 e. The lowest BCUT2D eigenvalue weighted by molar-refractivity contribution is 0.0946. The second kappa shape index (κ2) is 5.38. The zero-order chi connectivity index (χ0) is 13.8. The third-order valence-corrected chi connectivity index (χ3v) is 2.40. The SMILES string of the molecule is COc1cc(N)cc(C(=O)NCc2nc(C)no2)c1. The number of aromatic nitrogens is 2. The van der Waals surface area contributed by atoms with E-state index in [0.717, 1.165) is 0 Å². The Labute approximate surface area is 109 Å². The predicted octanol–water partition coefficient (Wildman–Crippen LogP) is 0.899. The van der Waals surface area contributed by atoms with Crippen LogP contribution in [0.2, 0.25) is 0 Å². The molecule has 1 heterocycles. The first-order valence-corrected chi connectivity index (χ1v) is 5.60. The van der Waals surface area contributed by atoms with Gasteiger partial charge in [0, 0.05) is 17.3 Å². The molecule has 19 heavy (non-hydrogen) atoms. The van der Waals surface area contributed by atoms with Gasteiger partial charge in [0.25, 0.3) is 5.91 Å². The molecular formula is C12H14N4O3. The highest BCUT2D eigenvalue weighted by Gasteiger charge is 2.10. The maximum absolute atomic E-state index is 11.9. The highest BCUT2D eigenvalue weighted by atomic mass is 16.5. The number of nitrogen functional groups attached to an aromatic ring is 1. The normalized spacial score (nSPS) is 10.2. The van der Waals surface area contributed by atoms with E-state index in [0.29, 0.717) is 28.7 Å². The van der Waals surface area contributed by atoms with Crippen LogP contribution in [0.5, 0.6) is 5.75 Å². The van der Waals surface area contributed by atoms with E-state index in [2.05, 4.69) is 15.5 Å². The number of carbonyl (C=O) groups is 1. The standard InChI is InChI=1S/C12H14N4O3/c1-7-15-11(19-16-7)6-14-12(17)8-3-9(13)5-10(4-8)18-2/h3-5H,6,13H2,1-2H3,(H,14,17). The Kier molecular flexibility index (Phi) is 3.65. The van der Waals surface area contributed by atoms with Crippen LogP contribution in [0.3, 0.4) is 0 Å². The van der Waals surface area contributed by atoms with Crippen molar-refractivity contribution in [2.45, 2.75) is 13.5 Å². The Morgan fingerprint density at radius 3 is 2.89 bits per heavy atom. The van der Waals surface area contributed by atoms with Gasteiger partial charge in [-0.05, 0) is 19.1 Å². The molecule has 0 saturated carbocycles. The number of aryl methyl sites for hydroxylation is 1. The monoisotopic (exact) mass is 262 g/mol. The van der Waals surface area contributed by atoms with Crippen LogP contribution in [0.15, 0.2) is 22.7 Å². The van der Waals surface area contributed by atoms with Crippen molar-refractivity contribution in [2.75, 3.05) is 12.8 Å². The minimum Gasteiger partial charge on any atom is -0.497 e. The molecule has 1 aromatic heterocycles. The van der Waals surface area contributed by atoms with E-state index in [-0.39, 0.29) is 12.5 Å². The van der Waals surface area contributed by atoms with Crippen molar-refractivity contribution in [1.29, 1.82) is 0 Å². The van der Waals surface area contributed by atoms with Gasteiger partial charge in [0.1, 0.15) is 5.75 Å². The predicted molar refractivity (Wildman–Crippen MR) is 67.6 cm³/mol. The molecule has 100 valence electrons. The molecule has 7 heteroatoms. The second-order valence-corrected chi connectivity index (χ2v) is 3.91. The molecular weight excluding hydrogens is 248 g/mol. The van der Waals surface area contributed by atoms with E-state index in [9.17, 15) is 4.79 Å². The lowest BCUT2D eigenvalue weighted by atomic mass is 10.2. The summed E-state index contributed by atoms with van der Waals surface area (Å²) >= 11 is 0. The minimum absolute atomic E-state index is 0.163. The molecule has 0 radical (unpaired) electrons. The van der Waals surface area contributed by atoms with Gasteiger partial charge in [-0.15, -0.1) is 0 Å². The number of amides is 1. The second-order valence-electron chi connectivity index (χ2n) is 3.91. The summed E-state index contributed by atoms with van der Waals surface area (Å²) in [6, 6.07) is 4.81. The van der Waals surface area contributed by atoms with Crippen molar-refractivity contribution in [3.8, 4) is 5.75 Å². The van der Waals surface area contributed by atoms with Gasteiger partial charge in [-0.25, -0.2) is 0 Å². The van der Waals surface area contributed by atoms with Gasteiger partial charge < -0.3 is 20.3 Å². The molecule has 3 N–H and O–H groups in total. The summed E-state index contributed by atoms with van der Waals surface area (Å²) in [4.78, 5) is 15.9. The summed E-state index contributed by atoms with van der Waals surface area (Å²) < 4.78 is 9.95. The van der Waals surface area contributed by atoms with Crippen LogP contribution >= 0.6 is 0 Å². The lowest BCUT2D eigenvalue weighted by Crippen LogP contribution is -2.23. The van der Waals surface area contributed by atoms with Crippen LogP contribution < -0.4 is 15.8 Å². The van der Waals surface area contributed by atoms with Gasteiger partial charge in [0.2, 0.25) is 5.89 Å². The molecule has 0 atom stereocenters. The highest BCUT2D eigenvalue weighted by Crippen LogP contribution is 2.18. The average molecular weight is 262 g/mol. The number of ether oxygens (including phenoxy) is 1. The lowest BCUT2D eigenvalue weighted by Gasteiger charge is -2.06. The first-order valence-electron chi connectivity index (χ1n) is 5.60. The molecule has 0 unspecified atom stereocenters. The van der Waals surface area contributed by atoms with Gasteiger partial charge in [-0.3, -0.25) is 4.79 Å². The molecule has 0 bridgehead atoms. The van der Waals surface area contributed by atoms with Gasteiger partial charge in [-0.2, -0.15) is 4.98 Å². The van der Waals surface area contributed by atoms with Crippen LogP contribution in [-0.4, -0.2) is 23.2 Å². The van der Waals surface area contributed by atoms with Gasteiger partial charge in [0.15, 0.2) is 5.82 Å². The van der Waals surface area contributed by atoms with Gasteiger partial charge in [-0.1, -0.05) is 5.16 Å². The van der Waals surface area contributed by atoms with Crippen molar-refractivity contribution in [2.24, 2.45) is 0 Å². The molecule has 0 aliphatic rings. The summed E-state index contributed by atoms with van der Waals surface area (Å²) in [5.74, 6) is 1.11. The Balaban J connectivity index is 2.05. The summed E-state index contributed by atoms with van der Waals surface area (Å²) in [6.07, 6.45) is 0. The quantitative estimate of drug-likeness (QED) is 0.793. The zero-order valence-electron chi connectivity index (χ0n) is 10.6. The fraction of sp³-hybridized carbons (Fsp3) is 0.250. The maximum Gasteiger partial charge on any atom is 0.251 e. The van der Waals surface area contributed by atoms with Crippen molar-refractivity contribution < 1.29 is 14.1 Å². The summed E-state index contributed by atoms with van der Waals surface area (Å²) in [5.41, 5.74) is 6.55. The van der Waals surface area contributed by atoms with E-state index < -0.39 is 0 Å². The number of nitrogens with two attached hydrogens (primary N) is 1. The topological polar surface area (TPSA) is 103 Å². The minimum atomic E-state index is -0.290. The van der Waals surface area contributed by atoms with Gasteiger partial charge >= 0.3 is 0 Å². The molecule has 2 rings (SSSR count). The average Bonchev–Trinajstić information content (AvgIpc) is 2.81. The number of hydrogen-bond donors (Lipinski definition) is 2. The summed E-state index contributed by atoms with van der Waals surface area (Å²) in [5, 5.41) is 6.29.